The van der Waals surface area contributed by atoms with Gasteiger partial charge in [-0.25, -0.2) is 13.8 Å². The zero-order valence-corrected chi connectivity index (χ0v) is 24.7. The predicted octanol–water partition coefficient (Wildman–Crippen LogP) is 5.69. The van der Waals surface area contributed by atoms with Gasteiger partial charge in [0, 0.05) is 33.8 Å². The lowest BCUT2D eigenvalue weighted by Gasteiger charge is -2.26. The van der Waals surface area contributed by atoms with Crippen LogP contribution in [0.15, 0.2) is 83.1 Å². The third-order valence-corrected chi connectivity index (χ3v) is 8.06. The maximum absolute atomic E-state index is 15.2. The fourth-order valence-electron chi connectivity index (χ4n) is 5.50. The smallest absolute Gasteiger partial charge is 0.254 e. The Hall–Kier alpha value is -4.29. The molecule has 0 radical (unpaired) electrons. The zero-order valence-electron chi connectivity index (χ0n) is 23.2. The number of halogens is 4. The Morgan fingerprint density at radius 2 is 1.77 bits per heavy atom. The largest absolute Gasteiger partial charge is 0.393 e. The second-order valence-corrected chi connectivity index (χ2v) is 11.6. The highest BCUT2D eigenvalue weighted by molar-refractivity contribution is 6.31. The van der Waals surface area contributed by atoms with E-state index < -0.39 is 35.3 Å². The molecule has 6 rings (SSSR count). The standard InChI is InChI=1S/C31H26Cl2F2N6O3/c1-16-6-22(42)12-28(18-7-17(8-21(35)9-18)23-11-20(34)3-4-25(23)37-31(16)44)40-15-36-26(13-30(40)43)24-10-19(32)2-5-27(24)41-14-29(33)38-39-41/h2-5,7-11,13-16,22,28,38-39,42H,6,12H2,1H3,(H,37,44)/t16-,22-,28+/m1/s1. The summed E-state index contributed by atoms with van der Waals surface area (Å²) in [5, 5.41) is 16.2. The first-order valence-corrected chi connectivity index (χ1v) is 14.5. The van der Waals surface area contributed by atoms with E-state index in [4.69, 9.17) is 23.2 Å². The lowest BCUT2D eigenvalue weighted by atomic mass is 9.91. The minimum atomic E-state index is -1.03. The number of nitrogens with zero attached hydrogens (tertiary/aromatic N) is 3. The fraction of sp³-hybridized carbons (Fsp3) is 0.194. The summed E-state index contributed by atoms with van der Waals surface area (Å²) in [6.07, 6.45) is 1.95. The number of fused-ring (bicyclic) bond motifs is 4. The monoisotopic (exact) mass is 638 g/mol. The molecule has 2 aliphatic rings. The van der Waals surface area contributed by atoms with Crippen LogP contribution in [0.3, 0.4) is 0 Å². The van der Waals surface area contributed by atoms with Crippen LogP contribution < -0.4 is 26.8 Å². The first-order valence-electron chi connectivity index (χ1n) is 13.7. The molecule has 13 heteroatoms. The van der Waals surface area contributed by atoms with Crippen molar-refractivity contribution in [2.24, 2.45) is 5.92 Å². The van der Waals surface area contributed by atoms with E-state index in [9.17, 15) is 19.1 Å². The quantitative estimate of drug-likeness (QED) is 0.213. The van der Waals surface area contributed by atoms with E-state index in [2.05, 4.69) is 21.3 Å². The molecule has 0 unspecified atom stereocenters. The maximum Gasteiger partial charge on any atom is 0.254 e. The Morgan fingerprint density at radius 3 is 2.52 bits per heavy atom. The topological polar surface area (TPSA) is 112 Å². The summed E-state index contributed by atoms with van der Waals surface area (Å²) in [5.41, 5.74) is 7.85. The van der Waals surface area contributed by atoms with Crippen LogP contribution in [0.5, 0.6) is 0 Å². The zero-order chi connectivity index (χ0) is 31.1. The molecular weight excluding hydrogens is 613 g/mol. The molecule has 9 nitrogen and oxygen atoms in total. The summed E-state index contributed by atoms with van der Waals surface area (Å²) in [7, 11) is 0. The van der Waals surface area contributed by atoms with Crippen molar-refractivity contribution < 1.29 is 18.7 Å². The number of benzene rings is 3. The average Bonchev–Trinajstić information content (AvgIpc) is 3.42. The minimum absolute atomic E-state index is 0.0213. The van der Waals surface area contributed by atoms with Crippen molar-refractivity contribution in [2.75, 3.05) is 10.3 Å². The summed E-state index contributed by atoms with van der Waals surface area (Å²) in [4.78, 5) is 31.3. The Morgan fingerprint density at radius 1 is 0.955 bits per heavy atom. The number of amides is 1. The molecule has 1 amide bonds. The van der Waals surface area contributed by atoms with Gasteiger partial charge in [0.05, 0.1) is 36.1 Å². The number of anilines is 2. The van der Waals surface area contributed by atoms with Crippen molar-refractivity contribution in [3.63, 3.8) is 0 Å². The first-order chi connectivity index (χ1) is 21.0. The summed E-state index contributed by atoms with van der Waals surface area (Å²) in [6, 6.07) is 13.5. The van der Waals surface area contributed by atoms with E-state index in [1.165, 1.54) is 47.3 Å². The molecule has 0 fully saturated rings. The third-order valence-electron chi connectivity index (χ3n) is 7.63. The van der Waals surface area contributed by atoms with Crippen LogP contribution >= 0.6 is 23.2 Å². The van der Waals surface area contributed by atoms with Gasteiger partial charge in [-0.1, -0.05) is 30.1 Å². The summed E-state index contributed by atoms with van der Waals surface area (Å²) in [6.45, 7) is 1.67. The number of hydrazine groups is 2. The number of rotatable bonds is 3. The van der Waals surface area contributed by atoms with Gasteiger partial charge in [-0.05, 0) is 78.6 Å². The van der Waals surface area contributed by atoms with E-state index >= 15 is 4.39 Å². The molecule has 0 spiro atoms. The molecule has 44 heavy (non-hydrogen) atoms. The van der Waals surface area contributed by atoms with Gasteiger partial charge in [0.25, 0.3) is 5.56 Å². The van der Waals surface area contributed by atoms with Gasteiger partial charge < -0.3 is 10.4 Å². The Labute approximate surface area is 260 Å². The predicted molar refractivity (Wildman–Crippen MR) is 165 cm³/mol. The number of carbonyl (C=O) groups is 1. The molecular formula is C31H26Cl2F2N6O3. The number of aliphatic hydroxyl groups excluding tert-OH is 1. The number of carbonyl (C=O) groups excluding carboxylic acids is 1. The van der Waals surface area contributed by atoms with Crippen molar-refractivity contribution in [3.8, 4) is 22.4 Å². The molecule has 2 bridgehead atoms. The molecule has 226 valence electrons. The van der Waals surface area contributed by atoms with Crippen molar-refractivity contribution >= 4 is 40.5 Å². The summed E-state index contributed by atoms with van der Waals surface area (Å²) >= 11 is 12.3. The van der Waals surface area contributed by atoms with Crippen molar-refractivity contribution in [2.45, 2.75) is 31.9 Å². The number of hydrogen-bond donors (Lipinski definition) is 4. The van der Waals surface area contributed by atoms with Crippen LogP contribution in [0.1, 0.15) is 31.4 Å². The van der Waals surface area contributed by atoms with Gasteiger partial charge in [-0.2, -0.15) is 0 Å². The van der Waals surface area contributed by atoms with Crippen LogP contribution in [0.25, 0.3) is 22.4 Å². The van der Waals surface area contributed by atoms with Crippen LogP contribution in [0.2, 0.25) is 5.02 Å². The van der Waals surface area contributed by atoms with Crippen molar-refractivity contribution in [3.05, 3.63) is 111 Å². The fourth-order valence-corrected chi connectivity index (χ4v) is 5.81. The number of aromatic nitrogens is 2. The van der Waals surface area contributed by atoms with E-state index in [1.54, 1.807) is 42.4 Å². The average molecular weight is 639 g/mol. The SMILES string of the molecule is C[C@@H]1C[C@@H](O)C[C@H](n2cnc(-c3cc(Cl)ccc3N3C=C(Cl)NN3)cc2=O)c2cc(F)cc(c2)-c2cc(F)ccc2NC1=O. The van der Waals surface area contributed by atoms with Crippen LogP contribution in [-0.4, -0.2) is 26.7 Å². The van der Waals surface area contributed by atoms with Crippen molar-refractivity contribution in [1.82, 2.24) is 20.5 Å². The molecule has 0 saturated carbocycles. The maximum atomic E-state index is 15.2. The molecule has 2 aliphatic heterocycles. The summed E-state index contributed by atoms with van der Waals surface area (Å²) < 4.78 is 30.8. The lowest BCUT2D eigenvalue weighted by Crippen LogP contribution is -2.36. The highest BCUT2D eigenvalue weighted by atomic mass is 35.5. The van der Waals surface area contributed by atoms with Crippen LogP contribution in [-0.2, 0) is 4.79 Å². The molecule has 3 aromatic carbocycles. The minimum Gasteiger partial charge on any atom is -0.393 e. The molecule has 4 aromatic rings. The second-order valence-electron chi connectivity index (χ2n) is 10.8. The van der Waals surface area contributed by atoms with Gasteiger partial charge in [0.1, 0.15) is 16.8 Å². The first kappa shape index (κ1) is 29.8. The third kappa shape index (κ3) is 6.04. The summed E-state index contributed by atoms with van der Waals surface area (Å²) in [5.74, 6) is -2.20. The van der Waals surface area contributed by atoms with Gasteiger partial charge in [0.15, 0.2) is 0 Å². The van der Waals surface area contributed by atoms with E-state index in [0.29, 0.717) is 43.9 Å². The normalized spacial score (nSPS) is 20.1. The Bertz CT molecular complexity index is 1870. The molecule has 4 N–H and O–H groups in total. The van der Waals surface area contributed by atoms with Gasteiger partial charge in [-0.15, -0.1) is 5.53 Å². The van der Waals surface area contributed by atoms with Gasteiger partial charge in [-0.3, -0.25) is 24.6 Å². The second kappa shape index (κ2) is 12.0. The molecule has 0 saturated heterocycles. The van der Waals surface area contributed by atoms with Crippen LogP contribution in [0.4, 0.5) is 20.2 Å². The number of nitrogens with one attached hydrogen (secondary N) is 3. The van der Waals surface area contributed by atoms with Crippen molar-refractivity contribution in [1.29, 1.82) is 0 Å². The van der Waals surface area contributed by atoms with Crippen LogP contribution in [0, 0.1) is 17.6 Å². The molecule has 1 aromatic heterocycles. The van der Waals surface area contributed by atoms with E-state index in [0.717, 1.165) is 0 Å². The highest BCUT2D eigenvalue weighted by Gasteiger charge is 2.27. The van der Waals surface area contributed by atoms with E-state index in [-0.39, 0.29) is 24.3 Å². The number of aliphatic hydroxyl groups is 1. The van der Waals surface area contributed by atoms with E-state index in [1.807, 2.05) is 0 Å². The Balaban J connectivity index is 1.47. The van der Waals surface area contributed by atoms with Gasteiger partial charge in [0.2, 0.25) is 5.91 Å². The molecule has 0 aliphatic carbocycles. The number of hydrogen-bond acceptors (Lipinski definition) is 7. The molecule has 3 heterocycles. The highest BCUT2D eigenvalue weighted by Crippen LogP contribution is 2.36. The Kier molecular flexibility index (Phi) is 8.12. The van der Waals surface area contributed by atoms with Gasteiger partial charge >= 0.3 is 0 Å². The molecule has 3 atom stereocenters. The lowest BCUT2D eigenvalue weighted by molar-refractivity contribution is -0.120.